The van der Waals surface area contributed by atoms with Crippen molar-refractivity contribution in [3.8, 4) is 6.07 Å². The molecule has 138 valence electrons. The van der Waals surface area contributed by atoms with E-state index < -0.39 is 0 Å². The van der Waals surface area contributed by atoms with E-state index in [0.717, 1.165) is 44.1 Å². The third-order valence-corrected chi connectivity index (χ3v) is 6.63. The predicted octanol–water partition coefficient (Wildman–Crippen LogP) is 2.96. The number of carbonyl (C=O) groups is 1. The average Bonchev–Trinajstić information content (AvgIpc) is 3.26. The minimum Gasteiger partial charge on any atom is -0.325 e. The molecule has 4 rings (SSSR count). The largest absolute Gasteiger partial charge is 0.325 e. The van der Waals surface area contributed by atoms with Crippen molar-refractivity contribution in [2.24, 2.45) is 11.8 Å². The molecule has 0 spiro atoms. The Labute approximate surface area is 159 Å². The Bertz CT molecular complexity index is 723. The molecule has 26 heavy (non-hydrogen) atoms. The van der Waals surface area contributed by atoms with E-state index in [-0.39, 0.29) is 5.91 Å². The smallest absolute Gasteiger partial charge is 0.238 e. The van der Waals surface area contributed by atoms with E-state index in [9.17, 15) is 4.79 Å². The normalized spacial score (nSPS) is 28.8. The number of benzene rings is 1. The highest BCUT2D eigenvalue weighted by molar-refractivity contribution is 6.32. The minimum atomic E-state index is -0.0286. The Balaban J connectivity index is 1.24. The van der Waals surface area contributed by atoms with Crippen molar-refractivity contribution in [1.82, 2.24) is 9.80 Å². The number of hydrogen-bond donors (Lipinski definition) is 1. The Morgan fingerprint density at radius 2 is 2.04 bits per heavy atom. The quantitative estimate of drug-likeness (QED) is 0.882. The van der Waals surface area contributed by atoms with Crippen molar-refractivity contribution in [2.45, 2.75) is 31.7 Å². The van der Waals surface area contributed by atoms with Crippen molar-refractivity contribution in [1.29, 1.82) is 5.26 Å². The number of halogens is 1. The maximum absolute atomic E-state index is 12.3. The SMILES string of the molecule is N#Cc1ccc(NC(=O)CN2CCN(C3CC4CCC3C4)CC2)cc1Cl. The van der Waals surface area contributed by atoms with E-state index in [1.54, 1.807) is 18.2 Å². The third-order valence-electron chi connectivity index (χ3n) is 6.32. The summed E-state index contributed by atoms with van der Waals surface area (Å²) >= 11 is 6.02. The molecular formula is C20H25ClN4O. The fourth-order valence-electron chi connectivity index (χ4n) is 5.00. The molecule has 5 nitrogen and oxygen atoms in total. The van der Waals surface area contributed by atoms with Crippen molar-refractivity contribution in [3.05, 3.63) is 28.8 Å². The van der Waals surface area contributed by atoms with Gasteiger partial charge in [-0.15, -0.1) is 0 Å². The number of nitrogens with one attached hydrogen (secondary N) is 1. The van der Waals surface area contributed by atoms with Crippen molar-refractivity contribution < 1.29 is 4.79 Å². The number of fused-ring (bicyclic) bond motifs is 2. The lowest BCUT2D eigenvalue weighted by Crippen LogP contribution is -2.52. The molecule has 3 unspecified atom stereocenters. The lowest BCUT2D eigenvalue weighted by atomic mass is 9.93. The highest BCUT2D eigenvalue weighted by Crippen LogP contribution is 2.46. The first kappa shape index (κ1) is 17.8. The first-order valence-electron chi connectivity index (χ1n) is 9.58. The van der Waals surface area contributed by atoms with Crippen LogP contribution in [0, 0.1) is 23.2 Å². The van der Waals surface area contributed by atoms with Gasteiger partial charge in [0.05, 0.1) is 17.1 Å². The highest BCUT2D eigenvalue weighted by Gasteiger charge is 2.42. The summed E-state index contributed by atoms with van der Waals surface area (Å²) in [6.07, 6.45) is 5.71. The molecule has 2 saturated carbocycles. The van der Waals surface area contributed by atoms with Gasteiger partial charge in [-0.3, -0.25) is 14.6 Å². The van der Waals surface area contributed by atoms with Gasteiger partial charge in [0.2, 0.25) is 5.91 Å². The predicted molar refractivity (Wildman–Crippen MR) is 102 cm³/mol. The molecule has 1 saturated heterocycles. The van der Waals surface area contributed by atoms with E-state index in [0.29, 0.717) is 22.8 Å². The summed E-state index contributed by atoms with van der Waals surface area (Å²) in [6, 6.07) is 7.80. The van der Waals surface area contributed by atoms with Crippen LogP contribution in [-0.4, -0.2) is 54.5 Å². The van der Waals surface area contributed by atoms with Crippen molar-refractivity contribution in [3.63, 3.8) is 0 Å². The van der Waals surface area contributed by atoms with Crippen LogP contribution in [0.2, 0.25) is 5.02 Å². The van der Waals surface area contributed by atoms with E-state index in [1.165, 1.54) is 25.7 Å². The number of carbonyl (C=O) groups excluding carboxylic acids is 1. The topological polar surface area (TPSA) is 59.4 Å². The van der Waals surface area contributed by atoms with E-state index in [2.05, 4.69) is 15.1 Å². The second-order valence-corrected chi connectivity index (χ2v) is 8.32. The van der Waals surface area contributed by atoms with Crippen molar-refractivity contribution in [2.75, 3.05) is 38.0 Å². The number of anilines is 1. The summed E-state index contributed by atoms with van der Waals surface area (Å²) in [5.74, 6) is 1.88. The molecule has 3 fully saturated rings. The zero-order valence-corrected chi connectivity index (χ0v) is 15.7. The zero-order valence-electron chi connectivity index (χ0n) is 15.0. The van der Waals surface area contributed by atoms with Crippen LogP contribution in [0.3, 0.4) is 0 Å². The van der Waals surface area contributed by atoms with Gasteiger partial charge in [-0.25, -0.2) is 0 Å². The van der Waals surface area contributed by atoms with Gasteiger partial charge in [-0.1, -0.05) is 18.0 Å². The second-order valence-electron chi connectivity index (χ2n) is 7.91. The zero-order chi connectivity index (χ0) is 18.1. The first-order valence-corrected chi connectivity index (χ1v) is 9.96. The van der Waals surface area contributed by atoms with Gasteiger partial charge in [0.25, 0.3) is 0 Å². The number of nitriles is 1. The fraction of sp³-hybridized carbons (Fsp3) is 0.600. The van der Waals surface area contributed by atoms with Crippen LogP contribution in [0.15, 0.2) is 18.2 Å². The summed E-state index contributed by atoms with van der Waals surface area (Å²) in [7, 11) is 0. The Morgan fingerprint density at radius 3 is 2.65 bits per heavy atom. The lowest BCUT2D eigenvalue weighted by Gasteiger charge is -2.40. The van der Waals surface area contributed by atoms with E-state index in [1.807, 2.05) is 6.07 Å². The van der Waals surface area contributed by atoms with Crippen LogP contribution in [0.5, 0.6) is 0 Å². The van der Waals surface area contributed by atoms with Gasteiger partial charge in [0.15, 0.2) is 0 Å². The van der Waals surface area contributed by atoms with Crippen LogP contribution in [0.25, 0.3) is 0 Å². The van der Waals surface area contributed by atoms with Crippen LogP contribution in [-0.2, 0) is 4.79 Å². The van der Waals surface area contributed by atoms with E-state index in [4.69, 9.17) is 16.9 Å². The number of hydrogen-bond acceptors (Lipinski definition) is 4. The molecule has 1 aromatic rings. The fourth-order valence-corrected chi connectivity index (χ4v) is 5.22. The average molecular weight is 373 g/mol. The maximum Gasteiger partial charge on any atom is 0.238 e. The van der Waals surface area contributed by atoms with Gasteiger partial charge < -0.3 is 5.32 Å². The van der Waals surface area contributed by atoms with Gasteiger partial charge in [0, 0.05) is 37.9 Å². The van der Waals surface area contributed by atoms with Gasteiger partial charge in [-0.2, -0.15) is 5.26 Å². The highest BCUT2D eigenvalue weighted by atomic mass is 35.5. The molecule has 1 N–H and O–H groups in total. The monoisotopic (exact) mass is 372 g/mol. The maximum atomic E-state index is 12.3. The summed E-state index contributed by atoms with van der Waals surface area (Å²) in [4.78, 5) is 17.2. The van der Waals surface area contributed by atoms with Gasteiger partial charge >= 0.3 is 0 Å². The Kier molecular flexibility index (Phi) is 5.17. The summed E-state index contributed by atoms with van der Waals surface area (Å²) in [5, 5.41) is 12.2. The molecule has 1 aromatic carbocycles. The number of amides is 1. The molecule has 6 heteroatoms. The molecule has 1 heterocycles. The lowest BCUT2D eigenvalue weighted by molar-refractivity contribution is -0.117. The first-order chi connectivity index (χ1) is 12.6. The summed E-state index contributed by atoms with van der Waals surface area (Å²) < 4.78 is 0. The molecule has 2 bridgehead atoms. The van der Waals surface area contributed by atoms with Crippen LogP contribution in [0.1, 0.15) is 31.2 Å². The second kappa shape index (κ2) is 7.56. The molecule has 1 amide bonds. The molecule has 0 aromatic heterocycles. The molecule has 0 radical (unpaired) electrons. The number of rotatable bonds is 4. The summed E-state index contributed by atoms with van der Waals surface area (Å²) in [6.45, 7) is 4.46. The Hall–Kier alpha value is -1.61. The van der Waals surface area contributed by atoms with E-state index >= 15 is 0 Å². The number of piperazine rings is 1. The molecule has 3 atom stereocenters. The molecular weight excluding hydrogens is 348 g/mol. The number of nitrogens with zero attached hydrogens (tertiary/aromatic N) is 3. The van der Waals surface area contributed by atoms with Gasteiger partial charge in [-0.05, 0) is 49.3 Å². The van der Waals surface area contributed by atoms with Crippen LogP contribution < -0.4 is 5.32 Å². The molecule has 1 aliphatic heterocycles. The summed E-state index contributed by atoms with van der Waals surface area (Å²) in [5.41, 5.74) is 1.06. The van der Waals surface area contributed by atoms with Crippen molar-refractivity contribution >= 4 is 23.2 Å². The van der Waals surface area contributed by atoms with Crippen LogP contribution >= 0.6 is 11.6 Å². The Morgan fingerprint density at radius 1 is 1.23 bits per heavy atom. The molecule has 3 aliphatic rings. The van der Waals surface area contributed by atoms with Gasteiger partial charge in [0.1, 0.15) is 6.07 Å². The minimum absolute atomic E-state index is 0.0286. The third kappa shape index (κ3) is 3.73. The molecule has 2 aliphatic carbocycles. The van der Waals surface area contributed by atoms with Crippen LogP contribution in [0.4, 0.5) is 5.69 Å². The standard InChI is InChI=1S/C20H25ClN4O/c21-18-11-17(4-3-16(18)12-22)23-20(26)13-24-5-7-25(8-6-24)19-10-14-1-2-15(19)9-14/h3-4,11,14-15,19H,1-2,5-10,13H2,(H,23,26).